The molecule has 12 heteroatoms. The molecule has 0 aromatic heterocycles. The Balaban J connectivity index is 2.21. The third kappa shape index (κ3) is 8.23. The molecule has 0 aliphatic rings. The smallest absolute Gasteiger partial charge is 0.416 e. The molecule has 0 aliphatic heterocycles. The Bertz CT molecular complexity index is 1190. The summed E-state index contributed by atoms with van der Waals surface area (Å²) < 4.78 is 97.5. The van der Waals surface area contributed by atoms with Gasteiger partial charge in [0.1, 0.15) is 11.4 Å². The van der Waals surface area contributed by atoms with Gasteiger partial charge in [-0.15, -0.1) is 0 Å². The molecule has 6 nitrogen and oxygen atoms in total. The summed E-state index contributed by atoms with van der Waals surface area (Å²) >= 11 is 0. The van der Waals surface area contributed by atoms with Crippen molar-refractivity contribution in [3.63, 3.8) is 0 Å². The van der Waals surface area contributed by atoms with Crippen LogP contribution in [0.2, 0.25) is 0 Å². The SMILES string of the molecule is CC[C@@H](C)Oc1cc(C(F)(F)F)ccc1C=CC(=O)NC(C)c1cc(F)c(NS(C)(=O)=O)c(F)c1. The number of hydrogen-bond donors (Lipinski definition) is 2. The zero-order chi connectivity index (χ0) is 26.6. The maximum absolute atomic E-state index is 14.2. The number of hydrogen-bond acceptors (Lipinski definition) is 4. The van der Waals surface area contributed by atoms with Crippen LogP contribution in [0.25, 0.3) is 6.08 Å². The number of halogens is 5. The second-order valence-corrected chi connectivity index (χ2v) is 9.63. The van der Waals surface area contributed by atoms with Gasteiger partial charge in [-0.05, 0) is 56.2 Å². The fraction of sp³-hybridized carbons (Fsp3) is 0.348. The van der Waals surface area contributed by atoms with Crippen LogP contribution >= 0.6 is 0 Å². The molecule has 0 radical (unpaired) electrons. The van der Waals surface area contributed by atoms with E-state index in [4.69, 9.17) is 4.74 Å². The Hall–Kier alpha value is -3.15. The predicted molar refractivity (Wildman–Crippen MR) is 122 cm³/mol. The van der Waals surface area contributed by atoms with Crippen LogP contribution in [0.5, 0.6) is 5.75 Å². The van der Waals surface area contributed by atoms with Gasteiger partial charge in [0, 0.05) is 11.6 Å². The number of sulfonamides is 1. The van der Waals surface area contributed by atoms with E-state index >= 15 is 0 Å². The van der Waals surface area contributed by atoms with Gasteiger partial charge in [0.2, 0.25) is 15.9 Å². The average molecular weight is 521 g/mol. The molecule has 2 aromatic rings. The molecule has 2 N–H and O–H groups in total. The standard InChI is InChI=1S/C23H25F5N2O4S/c1-5-13(2)34-20-12-17(23(26,27)28)8-6-15(20)7-9-21(31)29-14(3)16-10-18(24)22(19(25)11-16)30-35(4,32)33/h6-14,30H,5H2,1-4H3,(H,29,31)/t13-,14?/m1/s1. The highest BCUT2D eigenvalue weighted by atomic mass is 32.2. The average Bonchev–Trinajstić information content (AvgIpc) is 2.73. The highest BCUT2D eigenvalue weighted by Gasteiger charge is 2.31. The lowest BCUT2D eigenvalue weighted by atomic mass is 10.1. The first-order chi connectivity index (χ1) is 16.1. The highest BCUT2D eigenvalue weighted by Crippen LogP contribution is 2.34. The van der Waals surface area contributed by atoms with Gasteiger partial charge in [-0.1, -0.05) is 13.0 Å². The zero-order valence-corrected chi connectivity index (χ0v) is 20.2. The second-order valence-electron chi connectivity index (χ2n) is 7.88. The third-order valence-corrected chi connectivity index (χ3v) is 5.44. The number of amides is 1. The number of rotatable bonds is 9. The van der Waals surface area contributed by atoms with Gasteiger partial charge in [0.05, 0.1) is 24.0 Å². The predicted octanol–water partition coefficient (Wildman–Crippen LogP) is 5.42. The molecule has 1 amide bonds. The molecule has 0 saturated carbocycles. The van der Waals surface area contributed by atoms with Crippen molar-refractivity contribution < 1.29 is 39.9 Å². The van der Waals surface area contributed by atoms with Crippen molar-refractivity contribution >= 4 is 27.7 Å². The lowest BCUT2D eigenvalue weighted by Gasteiger charge is -2.17. The number of ether oxygens (including phenoxy) is 1. The molecule has 0 bridgehead atoms. The van der Waals surface area contributed by atoms with Crippen LogP contribution < -0.4 is 14.8 Å². The number of alkyl halides is 3. The maximum atomic E-state index is 14.2. The van der Waals surface area contributed by atoms with Crippen molar-refractivity contribution in [2.45, 2.75) is 45.5 Å². The monoisotopic (exact) mass is 520 g/mol. The van der Waals surface area contributed by atoms with Crippen LogP contribution in [-0.4, -0.2) is 26.7 Å². The third-order valence-electron chi connectivity index (χ3n) is 4.87. The van der Waals surface area contributed by atoms with Gasteiger partial charge in [-0.3, -0.25) is 9.52 Å². The molecule has 35 heavy (non-hydrogen) atoms. The summed E-state index contributed by atoms with van der Waals surface area (Å²) in [5, 5.41) is 2.48. The summed E-state index contributed by atoms with van der Waals surface area (Å²) in [6.45, 7) is 4.94. The van der Waals surface area contributed by atoms with Gasteiger partial charge >= 0.3 is 6.18 Å². The summed E-state index contributed by atoms with van der Waals surface area (Å²) in [5.41, 5.74) is -1.49. The van der Waals surface area contributed by atoms with Crippen LogP contribution in [0.4, 0.5) is 27.6 Å². The number of anilines is 1. The van der Waals surface area contributed by atoms with Gasteiger partial charge in [-0.2, -0.15) is 13.2 Å². The molecule has 2 aromatic carbocycles. The van der Waals surface area contributed by atoms with E-state index < -0.39 is 51.0 Å². The summed E-state index contributed by atoms with van der Waals surface area (Å²) in [5.74, 6) is -3.08. The molecule has 0 spiro atoms. The Labute approximate surface area is 200 Å². The summed E-state index contributed by atoms with van der Waals surface area (Å²) in [4.78, 5) is 12.3. The van der Waals surface area contributed by atoms with E-state index in [1.807, 2.05) is 0 Å². The minimum Gasteiger partial charge on any atom is -0.490 e. The molecule has 0 fully saturated rings. The van der Waals surface area contributed by atoms with Crippen molar-refractivity contribution in [1.82, 2.24) is 5.32 Å². The molecule has 0 heterocycles. The number of carbonyl (C=O) groups excluding carboxylic acids is 1. The van der Waals surface area contributed by atoms with Crippen molar-refractivity contribution in [2.24, 2.45) is 0 Å². The minimum absolute atomic E-state index is 0.0242. The molecule has 0 saturated heterocycles. The topological polar surface area (TPSA) is 84.5 Å². The summed E-state index contributed by atoms with van der Waals surface area (Å²) in [6.07, 6.45) is -1.34. The van der Waals surface area contributed by atoms with Crippen molar-refractivity contribution in [2.75, 3.05) is 11.0 Å². The van der Waals surface area contributed by atoms with E-state index in [-0.39, 0.29) is 23.0 Å². The maximum Gasteiger partial charge on any atom is 0.416 e. The van der Waals surface area contributed by atoms with Gasteiger partial charge in [0.25, 0.3) is 0 Å². The van der Waals surface area contributed by atoms with Gasteiger partial charge in [0.15, 0.2) is 11.6 Å². The number of carbonyl (C=O) groups is 1. The molecular formula is C23H25F5N2O4S. The number of benzene rings is 2. The molecule has 1 unspecified atom stereocenters. The molecule has 0 aliphatic carbocycles. The second kappa shape index (κ2) is 11.1. The highest BCUT2D eigenvalue weighted by molar-refractivity contribution is 7.92. The van der Waals surface area contributed by atoms with Crippen LogP contribution in [0.1, 0.15) is 49.9 Å². The number of nitrogens with one attached hydrogen (secondary N) is 2. The van der Waals surface area contributed by atoms with E-state index in [0.717, 1.165) is 36.6 Å². The fourth-order valence-corrected chi connectivity index (χ4v) is 3.45. The van der Waals surface area contributed by atoms with Crippen LogP contribution in [0.3, 0.4) is 0 Å². The van der Waals surface area contributed by atoms with Crippen molar-refractivity contribution in [1.29, 1.82) is 0 Å². The normalized spacial score (nSPS) is 14.0. The minimum atomic E-state index is -4.57. The fourth-order valence-electron chi connectivity index (χ4n) is 2.89. The largest absolute Gasteiger partial charge is 0.490 e. The molecule has 2 rings (SSSR count). The van der Waals surface area contributed by atoms with E-state index in [9.17, 15) is 35.2 Å². The lowest BCUT2D eigenvalue weighted by Crippen LogP contribution is -2.25. The zero-order valence-electron chi connectivity index (χ0n) is 19.3. The van der Waals surface area contributed by atoms with Crippen molar-refractivity contribution in [3.8, 4) is 5.75 Å². The van der Waals surface area contributed by atoms with Gasteiger partial charge in [-0.25, -0.2) is 17.2 Å². The summed E-state index contributed by atoms with van der Waals surface area (Å²) in [7, 11) is -3.91. The first kappa shape index (κ1) is 28.1. The first-order valence-corrected chi connectivity index (χ1v) is 12.3. The van der Waals surface area contributed by atoms with E-state index in [1.54, 1.807) is 18.6 Å². The lowest BCUT2D eigenvalue weighted by molar-refractivity contribution is -0.137. The van der Waals surface area contributed by atoms with Crippen LogP contribution in [0.15, 0.2) is 36.4 Å². The Morgan fingerprint density at radius 2 is 1.71 bits per heavy atom. The molecule has 192 valence electrons. The van der Waals surface area contributed by atoms with Crippen LogP contribution in [-0.2, 0) is 21.0 Å². The molecular weight excluding hydrogens is 495 g/mol. The quantitative estimate of drug-likeness (QED) is 0.342. The van der Waals surface area contributed by atoms with E-state index in [1.165, 1.54) is 19.1 Å². The summed E-state index contributed by atoms with van der Waals surface area (Å²) in [6, 6.07) is 3.75. The Morgan fingerprint density at radius 1 is 1.11 bits per heavy atom. The van der Waals surface area contributed by atoms with Crippen molar-refractivity contribution in [3.05, 3.63) is 64.7 Å². The molecule has 2 atom stereocenters. The Kier molecular flexibility index (Phi) is 8.88. The van der Waals surface area contributed by atoms with Gasteiger partial charge < -0.3 is 10.1 Å². The van der Waals surface area contributed by atoms with E-state index in [0.29, 0.717) is 6.42 Å². The Morgan fingerprint density at radius 3 is 2.23 bits per heavy atom. The van der Waals surface area contributed by atoms with E-state index in [2.05, 4.69) is 5.32 Å². The first-order valence-electron chi connectivity index (χ1n) is 10.4. The van der Waals surface area contributed by atoms with Crippen LogP contribution in [0, 0.1) is 11.6 Å².